The molecule has 5 heteroatoms. The summed E-state index contributed by atoms with van der Waals surface area (Å²) in [6.07, 6.45) is 2.16. The van der Waals surface area contributed by atoms with E-state index >= 15 is 0 Å². The average molecular weight is 297 g/mol. The molecule has 0 amide bonds. The second-order valence-corrected chi connectivity index (χ2v) is 5.52. The van der Waals surface area contributed by atoms with Gasteiger partial charge in [-0.2, -0.15) is 5.26 Å². The van der Waals surface area contributed by atoms with Crippen molar-refractivity contribution in [2.24, 2.45) is 0 Å². The summed E-state index contributed by atoms with van der Waals surface area (Å²) in [6, 6.07) is 11.6. The summed E-state index contributed by atoms with van der Waals surface area (Å²) >= 11 is 0. The molecule has 2 N–H and O–H groups in total. The monoisotopic (exact) mass is 297 g/mol. The third-order valence-electron chi connectivity index (χ3n) is 3.90. The molecular weight excluding hydrogens is 278 g/mol. The Hall–Kier alpha value is -2.45. The van der Waals surface area contributed by atoms with Crippen molar-refractivity contribution in [1.29, 1.82) is 5.26 Å². The van der Waals surface area contributed by atoms with Gasteiger partial charge in [-0.3, -0.25) is 4.57 Å². The molecule has 2 heterocycles. The van der Waals surface area contributed by atoms with E-state index in [-0.39, 0.29) is 6.10 Å². The van der Waals surface area contributed by atoms with E-state index in [0.717, 1.165) is 30.8 Å². The number of nitrogens with two attached hydrogens (primary N) is 1. The van der Waals surface area contributed by atoms with Crippen LogP contribution in [0.2, 0.25) is 0 Å². The summed E-state index contributed by atoms with van der Waals surface area (Å²) in [7, 11) is 0. The minimum atomic E-state index is 0.109. The normalized spacial score (nSPS) is 17.4. The van der Waals surface area contributed by atoms with Gasteiger partial charge in [0.15, 0.2) is 0 Å². The maximum atomic E-state index is 9.33. The molecule has 1 aliphatic rings. The third-order valence-corrected chi connectivity index (χ3v) is 3.90. The minimum absolute atomic E-state index is 0.109. The summed E-state index contributed by atoms with van der Waals surface area (Å²) in [5.41, 5.74) is 8.04. The lowest BCUT2D eigenvalue weighted by Crippen LogP contribution is -2.16. The predicted molar refractivity (Wildman–Crippen MR) is 83.8 cm³/mol. The van der Waals surface area contributed by atoms with Crippen LogP contribution in [0.1, 0.15) is 24.1 Å². The van der Waals surface area contributed by atoms with E-state index in [1.807, 2.05) is 35.8 Å². The van der Waals surface area contributed by atoms with Crippen molar-refractivity contribution in [2.45, 2.75) is 32.4 Å². The summed E-state index contributed by atoms with van der Waals surface area (Å²) in [4.78, 5) is 0. The Morgan fingerprint density at radius 1 is 1.45 bits per heavy atom. The molecule has 1 aromatic heterocycles. The van der Waals surface area contributed by atoms with Gasteiger partial charge in [-0.15, -0.1) is 0 Å². The SMILES string of the molecule is Cc1ccccc1Oc1c(N)cc(C#N)n1C[C@@H]1CCCO1. The van der Waals surface area contributed by atoms with Crippen LogP contribution in [0, 0.1) is 18.3 Å². The van der Waals surface area contributed by atoms with Crippen molar-refractivity contribution in [3.05, 3.63) is 41.6 Å². The van der Waals surface area contributed by atoms with Crippen LogP contribution in [0.5, 0.6) is 11.6 Å². The Morgan fingerprint density at radius 2 is 2.27 bits per heavy atom. The first-order chi connectivity index (χ1) is 10.7. The van der Waals surface area contributed by atoms with Gasteiger partial charge in [-0.05, 0) is 31.4 Å². The highest BCUT2D eigenvalue weighted by Gasteiger charge is 2.22. The molecule has 1 fully saturated rings. The number of hydrogen-bond donors (Lipinski definition) is 1. The Bertz CT molecular complexity index is 709. The smallest absolute Gasteiger partial charge is 0.224 e. The molecule has 1 saturated heterocycles. The second kappa shape index (κ2) is 6.12. The fraction of sp³-hybridized carbons (Fsp3) is 0.353. The highest BCUT2D eigenvalue weighted by Crippen LogP contribution is 2.33. The van der Waals surface area contributed by atoms with Crippen LogP contribution in [-0.4, -0.2) is 17.3 Å². The Kier molecular flexibility index (Phi) is 4.03. The van der Waals surface area contributed by atoms with Crippen LogP contribution in [0.25, 0.3) is 0 Å². The van der Waals surface area contributed by atoms with E-state index in [2.05, 4.69) is 6.07 Å². The lowest BCUT2D eigenvalue weighted by atomic mass is 10.2. The first-order valence-corrected chi connectivity index (χ1v) is 7.43. The molecular formula is C17H19N3O2. The van der Waals surface area contributed by atoms with Gasteiger partial charge in [-0.1, -0.05) is 18.2 Å². The van der Waals surface area contributed by atoms with Gasteiger partial charge < -0.3 is 15.2 Å². The van der Waals surface area contributed by atoms with Crippen LogP contribution < -0.4 is 10.5 Å². The van der Waals surface area contributed by atoms with Crippen LogP contribution in [0.4, 0.5) is 5.69 Å². The first kappa shape index (κ1) is 14.5. The van der Waals surface area contributed by atoms with Gasteiger partial charge in [-0.25, -0.2) is 0 Å². The maximum Gasteiger partial charge on any atom is 0.224 e. The summed E-state index contributed by atoms with van der Waals surface area (Å²) in [5.74, 6) is 1.26. The van der Waals surface area contributed by atoms with Crippen molar-refractivity contribution >= 4 is 5.69 Å². The lowest BCUT2D eigenvalue weighted by molar-refractivity contribution is 0.0952. The van der Waals surface area contributed by atoms with Crippen molar-refractivity contribution in [2.75, 3.05) is 12.3 Å². The summed E-state index contributed by atoms with van der Waals surface area (Å²) < 4.78 is 13.5. The molecule has 3 rings (SSSR count). The average Bonchev–Trinajstić information content (AvgIpc) is 3.12. The van der Waals surface area contributed by atoms with Gasteiger partial charge in [0.05, 0.1) is 18.3 Å². The molecule has 0 radical (unpaired) electrons. The molecule has 0 saturated carbocycles. The second-order valence-electron chi connectivity index (χ2n) is 5.52. The molecule has 0 unspecified atom stereocenters. The highest BCUT2D eigenvalue weighted by molar-refractivity contribution is 5.56. The summed E-state index contributed by atoms with van der Waals surface area (Å²) in [5, 5.41) is 9.33. The molecule has 22 heavy (non-hydrogen) atoms. The third kappa shape index (κ3) is 2.78. The number of para-hydroxylation sites is 1. The number of nitriles is 1. The fourth-order valence-electron chi connectivity index (χ4n) is 2.71. The van der Waals surface area contributed by atoms with Crippen molar-refractivity contribution in [1.82, 2.24) is 4.57 Å². The number of hydrogen-bond acceptors (Lipinski definition) is 4. The number of ether oxygens (including phenoxy) is 2. The maximum absolute atomic E-state index is 9.33. The lowest BCUT2D eigenvalue weighted by Gasteiger charge is -2.16. The van der Waals surface area contributed by atoms with E-state index in [1.54, 1.807) is 6.07 Å². The van der Waals surface area contributed by atoms with Gasteiger partial charge >= 0.3 is 0 Å². The molecule has 1 aliphatic heterocycles. The van der Waals surface area contributed by atoms with Crippen molar-refractivity contribution in [3.63, 3.8) is 0 Å². The van der Waals surface area contributed by atoms with Crippen LogP contribution in [0.3, 0.4) is 0 Å². The van der Waals surface area contributed by atoms with E-state index in [1.165, 1.54) is 0 Å². The van der Waals surface area contributed by atoms with Gasteiger partial charge in [0.25, 0.3) is 0 Å². The fourth-order valence-corrected chi connectivity index (χ4v) is 2.71. The zero-order valence-corrected chi connectivity index (χ0v) is 12.6. The van der Waals surface area contributed by atoms with Crippen LogP contribution >= 0.6 is 0 Å². The van der Waals surface area contributed by atoms with E-state index in [4.69, 9.17) is 15.2 Å². The molecule has 0 spiro atoms. The summed E-state index contributed by atoms with van der Waals surface area (Å²) in [6.45, 7) is 3.34. The predicted octanol–water partition coefficient (Wildman–Crippen LogP) is 3.22. The van der Waals surface area contributed by atoms with Crippen molar-refractivity contribution in [3.8, 4) is 17.7 Å². The number of aryl methyl sites for hydroxylation is 1. The highest BCUT2D eigenvalue weighted by atomic mass is 16.5. The topological polar surface area (TPSA) is 73.2 Å². The van der Waals surface area contributed by atoms with Crippen molar-refractivity contribution < 1.29 is 9.47 Å². The Balaban J connectivity index is 1.94. The van der Waals surface area contributed by atoms with E-state index < -0.39 is 0 Å². The molecule has 2 aromatic rings. The first-order valence-electron chi connectivity index (χ1n) is 7.43. The zero-order valence-electron chi connectivity index (χ0n) is 12.6. The number of nitrogen functional groups attached to an aromatic ring is 1. The molecule has 1 aromatic carbocycles. The number of aromatic nitrogens is 1. The van der Waals surface area contributed by atoms with Gasteiger partial charge in [0, 0.05) is 12.7 Å². The largest absolute Gasteiger partial charge is 0.438 e. The van der Waals surface area contributed by atoms with Crippen LogP contribution in [-0.2, 0) is 11.3 Å². The van der Waals surface area contributed by atoms with E-state index in [0.29, 0.717) is 23.8 Å². The minimum Gasteiger partial charge on any atom is -0.438 e. The number of nitrogens with zero attached hydrogens (tertiary/aromatic N) is 2. The Morgan fingerprint density at radius 3 is 2.95 bits per heavy atom. The standard InChI is InChI=1S/C17H19N3O2/c1-12-5-2-3-7-16(12)22-17-15(19)9-13(10-18)20(17)11-14-6-4-8-21-14/h2-3,5,7,9,14H,4,6,8,11,19H2,1H3/t14-/m0/s1. The number of benzene rings is 1. The van der Waals surface area contributed by atoms with Crippen LogP contribution in [0.15, 0.2) is 30.3 Å². The molecule has 0 bridgehead atoms. The van der Waals surface area contributed by atoms with Gasteiger partial charge in [0.2, 0.25) is 5.88 Å². The number of rotatable bonds is 4. The quantitative estimate of drug-likeness (QED) is 0.940. The zero-order chi connectivity index (χ0) is 15.5. The molecule has 1 atom stereocenters. The van der Waals surface area contributed by atoms with Gasteiger partial charge in [0.1, 0.15) is 17.5 Å². The Labute approximate surface area is 129 Å². The molecule has 5 nitrogen and oxygen atoms in total. The van der Waals surface area contributed by atoms with E-state index in [9.17, 15) is 5.26 Å². The number of anilines is 1. The molecule has 114 valence electrons. The molecule has 0 aliphatic carbocycles.